The molecular formula is C23H23F2N7O3. The Labute approximate surface area is 199 Å². The molecule has 2 amide bonds. The minimum atomic E-state index is -1.10. The van der Waals surface area contributed by atoms with Crippen molar-refractivity contribution < 1.29 is 23.1 Å². The summed E-state index contributed by atoms with van der Waals surface area (Å²) in [7, 11) is 1.56. The molecule has 2 saturated carbocycles. The van der Waals surface area contributed by atoms with E-state index in [1.165, 1.54) is 30.6 Å². The predicted octanol–water partition coefficient (Wildman–Crippen LogP) is 3.84. The Balaban J connectivity index is 1.23. The first-order valence-corrected chi connectivity index (χ1v) is 11.3. The smallest absolute Gasteiger partial charge is 0.413 e. The van der Waals surface area contributed by atoms with E-state index in [2.05, 4.69) is 30.9 Å². The molecule has 2 aliphatic rings. The number of ether oxygens (including phenoxy) is 1. The van der Waals surface area contributed by atoms with Gasteiger partial charge in [-0.3, -0.25) is 15.1 Å². The average molecular weight is 483 g/mol. The van der Waals surface area contributed by atoms with Gasteiger partial charge in [0.2, 0.25) is 11.9 Å². The Morgan fingerprint density at radius 1 is 1.17 bits per heavy atom. The lowest BCUT2D eigenvalue weighted by Gasteiger charge is -2.15. The fraction of sp³-hybridized carbons (Fsp3) is 0.391. The number of rotatable bonds is 7. The molecule has 3 aromatic rings. The molecule has 2 N–H and O–H groups in total. The molecule has 2 aliphatic carbocycles. The molecule has 0 radical (unpaired) electrons. The highest BCUT2D eigenvalue weighted by molar-refractivity contribution is 5.94. The summed E-state index contributed by atoms with van der Waals surface area (Å²) < 4.78 is 33.8. The van der Waals surface area contributed by atoms with E-state index in [0.29, 0.717) is 23.2 Å². The number of carbonyl (C=O) groups is 2. The molecular weight excluding hydrogens is 460 g/mol. The Hall–Kier alpha value is -3.96. The number of hydrogen-bond donors (Lipinski definition) is 2. The maximum Gasteiger partial charge on any atom is 0.413 e. The van der Waals surface area contributed by atoms with E-state index >= 15 is 0 Å². The van der Waals surface area contributed by atoms with Crippen molar-refractivity contribution in [2.75, 3.05) is 10.6 Å². The van der Waals surface area contributed by atoms with E-state index in [-0.39, 0.29) is 28.9 Å². The topological polar surface area (TPSA) is 124 Å². The van der Waals surface area contributed by atoms with Crippen LogP contribution in [-0.2, 0) is 16.6 Å². The fourth-order valence-electron chi connectivity index (χ4n) is 4.15. The zero-order valence-corrected chi connectivity index (χ0v) is 19.0. The van der Waals surface area contributed by atoms with Crippen molar-refractivity contribution in [3.63, 3.8) is 0 Å². The number of anilines is 2. The molecule has 0 bridgehead atoms. The van der Waals surface area contributed by atoms with Crippen LogP contribution in [0.2, 0.25) is 0 Å². The maximum absolute atomic E-state index is 13.9. The van der Waals surface area contributed by atoms with E-state index < -0.39 is 24.0 Å². The van der Waals surface area contributed by atoms with Gasteiger partial charge in [-0.15, -0.1) is 5.10 Å². The van der Waals surface area contributed by atoms with Gasteiger partial charge in [0, 0.05) is 13.0 Å². The van der Waals surface area contributed by atoms with Crippen LogP contribution in [0.25, 0.3) is 11.4 Å². The van der Waals surface area contributed by atoms with Crippen molar-refractivity contribution in [2.24, 2.45) is 24.8 Å². The second kappa shape index (κ2) is 9.01. The summed E-state index contributed by atoms with van der Waals surface area (Å²) in [6.45, 7) is 1.39. The molecule has 0 aromatic carbocycles. The number of carbonyl (C=O) groups excluding carboxylic acids is 2. The summed E-state index contributed by atoms with van der Waals surface area (Å²) in [5, 5.41) is 13.4. The highest BCUT2D eigenvalue weighted by Gasteiger charge is 2.51. The van der Waals surface area contributed by atoms with Crippen LogP contribution in [0.4, 0.5) is 25.1 Å². The van der Waals surface area contributed by atoms with E-state index in [9.17, 15) is 18.4 Å². The van der Waals surface area contributed by atoms with Gasteiger partial charge in [-0.2, -0.15) is 4.39 Å². The molecule has 3 heterocycles. The highest BCUT2D eigenvalue weighted by Crippen LogP contribution is 2.54. The summed E-state index contributed by atoms with van der Waals surface area (Å²) >= 11 is 0. The van der Waals surface area contributed by atoms with Crippen LogP contribution in [0.5, 0.6) is 0 Å². The SMILES string of the molecule is C[C@@H](OC(=O)Nc1c(-c2ccc(NC(=O)[C@H]3C[C@@H]3C3CC3)cn2)nnn1C)c1cc(F)cnc1F. The first-order valence-electron chi connectivity index (χ1n) is 11.3. The molecule has 182 valence electrons. The lowest BCUT2D eigenvalue weighted by molar-refractivity contribution is -0.117. The van der Waals surface area contributed by atoms with Gasteiger partial charge in [0.25, 0.3) is 0 Å². The van der Waals surface area contributed by atoms with Crippen molar-refractivity contribution in [2.45, 2.75) is 32.3 Å². The Kier molecular flexibility index (Phi) is 5.87. The number of aromatic nitrogens is 5. The molecule has 35 heavy (non-hydrogen) atoms. The van der Waals surface area contributed by atoms with Crippen molar-refractivity contribution in [1.29, 1.82) is 0 Å². The third-order valence-corrected chi connectivity index (χ3v) is 6.28. The third kappa shape index (κ3) is 4.96. The van der Waals surface area contributed by atoms with Gasteiger partial charge < -0.3 is 10.1 Å². The summed E-state index contributed by atoms with van der Waals surface area (Å²) in [5.41, 5.74) is 1.04. The van der Waals surface area contributed by atoms with Gasteiger partial charge >= 0.3 is 6.09 Å². The van der Waals surface area contributed by atoms with Gasteiger partial charge in [0.1, 0.15) is 11.9 Å². The highest BCUT2D eigenvalue weighted by atomic mass is 19.1. The van der Waals surface area contributed by atoms with Crippen LogP contribution in [0.15, 0.2) is 30.6 Å². The zero-order chi connectivity index (χ0) is 24.7. The summed E-state index contributed by atoms with van der Waals surface area (Å²) in [6.07, 6.45) is 3.63. The quantitative estimate of drug-likeness (QED) is 0.489. The van der Waals surface area contributed by atoms with Crippen LogP contribution in [0.1, 0.15) is 37.9 Å². The van der Waals surface area contributed by atoms with Crippen LogP contribution >= 0.6 is 0 Å². The molecule has 0 spiro atoms. The lowest BCUT2D eigenvalue weighted by Crippen LogP contribution is -2.19. The predicted molar refractivity (Wildman–Crippen MR) is 120 cm³/mol. The number of amides is 2. The average Bonchev–Trinajstić information content (AvgIpc) is 3.73. The van der Waals surface area contributed by atoms with E-state index in [4.69, 9.17) is 4.74 Å². The zero-order valence-electron chi connectivity index (χ0n) is 19.0. The number of pyridine rings is 2. The van der Waals surface area contributed by atoms with Crippen molar-refractivity contribution in [3.8, 4) is 11.4 Å². The lowest BCUT2D eigenvalue weighted by atomic mass is 10.2. The van der Waals surface area contributed by atoms with Gasteiger partial charge in [-0.25, -0.2) is 18.9 Å². The van der Waals surface area contributed by atoms with Gasteiger partial charge in [0.15, 0.2) is 11.5 Å². The molecule has 0 unspecified atom stereocenters. The van der Waals surface area contributed by atoms with Gasteiger partial charge in [0.05, 0.1) is 29.3 Å². The van der Waals surface area contributed by atoms with Crippen molar-refractivity contribution >= 4 is 23.5 Å². The Morgan fingerprint density at radius 3 is 2.69 bits per heavy atom. The maximum atomic E-state index is 13.9. The summed E-state index contributed by atoms with van der Waals surface area (Å²) in [5.74, 6) is -0.158. The second-order valence-electron chi connectivity index (χ2n) is 8.88. The largest absolute Gasteiger partial charge is 0.441 e. The summed E-state index contributed by atoms with van der Waals surface area (Å²) in [6, 6.07) is 4.27. The molecule has 12 heteroatoms. The second-order valence-corrected chi connectivity index (χ2v) is 8.88. The minimum absolute atomic E-state index is 0.0140. The first kappa shape index (κ1) is 22.8. The molecule has 0 saturated heterocycles. The summed E-state index contributed by atoms with van der Waals surface area (Å²) in [4.78, 5) is 32.5. The molecule has 3 aromatic heterocycles. The van der Waals surface area contributed by atoms with Crippen molar-refractivity contribution in [3.05, 3.63) is 47.9 Å². The van der Waals surface area contributed by atoms with Crippen molar-refractivity contribution in [1.82, 2.24) is 25.0 Å². The fourth-order valence-corrected chi connectivity index (χ4v) is 4.15. The molecule has 5 rings (SSSR count). The number of nitrogens with zero attached hydrogens (tertiary/aromatic N) is 5. The minimum Gasteiger partial charge on any atom is -0.441 e. The molecule has 0 aliphatic heterocycles. The van der Waals surface area contributed by atoms with Gasteiger partial charge in [-0.1, -0.05) is 5.21 Å². The van der Waals surface area contributed by atoms with E-state index in [1.54, 1.807) is 19.2 Å². The number of hydrogen-bond acceptors (Lipinski definition) is 7. The van der Waals surface area contributed by atoms with E-state index in [0.717, 1.165) is 18.7 Å². The Morgan fingerprint density at radius 2 is 1.97 bits per heavy atom. The first-order chi connectivity index (χ1) is 16.8. The van der Waals surface area contributed by atoms with Crippen LogP contribution < -0.4 is 10.6 Å². The van der Waals surface area contributed by atoms with Crippen LogP contribution in [0.3, 0.4) is 0 Å². The number of aryl methyl sites for hydroxylation is 1. The number of nitrogens with one attached hydrogen (secondary N) is 2. The third-order valence-electron chi connectivity index (χ3n) is 6.28. The van der Waals surface area contributed by atoms with Gasteiger partial charge in [-0.05, 0) is 56.2 Å². The van der Waals surface area contributed by atoms with Crippen LogP contribution in [-0.4, -0.2) is 37.0 Å². The number of halogens is 2. The van der Waals surface area contributed by atoms with Crippen LogP contribution in [0, 0.1) is 29.5 Å². The monoisotopic (exact) mass is 483 g/mol. The normalized spacial score (nSPS) is 19.7. The molecule has 2 fully saturated rings. The Bertz CT molecular complexity index is 1280. The molecule has 3 atom stereocenters. The standard InChI is InChI=1S/C23H23F2N7O3/c1-11(15-7-13(24)9-27-20(15)25)35-23(34)29-21-19(30-31-32(21)2)18-6-5-14(10-26-18)28-22(33)17-8-16(17)12-3-4-12/h5-7,9-12,16-17H,3-4,8H2,1-2H3,(H,28,33)(H,29,34)/t11-,16-,17+/m1/s1. The van der Waals surface area contributed by atoms with E-state index in [1.807, 2.05) is 0 Å². The molecule has 10 nitrogen and oxygen atoms in total.